The molecule has 0 saturated heterocycles. The molecule has 7 heteroatoms. The molecule has 1 aliphatic heterocycles. The molecular formula is C24H32IN5O. The average Bonchev–Trinajstić information content (AvgIpc) is 3.31. The van der Waals surface area contributed by atoms with Crippen LogP contribution in [0.2, 0.25) is 0 Å². The number of anilines is 1. The Hall–Kier alpha value is -2.55. The molecule has 0 saturated carbocycles. The number of hydrogen-bond acceptors (Lipinski definition) is 3. The van der Waals surface area contributed by atoms with Crippen LogP contribution in [0.5, 0.6) is 0 Å². The van der Waals surface area contributed by atoms with Crippen LogP contribution in [0.3, 0.4) is 0 Å². The summed E-state index contributed by atoms with van der Waals surface area (Å²) >= 11 is 0. The first-order valence-electron chi connectivity index (χ1n) is 10.3. The van der Waals surface area contributed by atoms with Crippen molar-refractivity contribution in [3.05, 3.63) is 77.4 Å². The van der Waals surface area contributed by atoms with Crippen LogP contribution in [0.4, 0.5) is 5.69 Å². The van der Waals surface area contributed by atoms with Crippen LogP contribution >= 0.6 is 24.0 Å². The third-order valence-electron chi connectivity index (χ3n) is 5.06. The zero-order valence-corrected chi connectivity index (χ0v) is 20.8. The van der Waals surface area contributed by atoms with Gasteiger partial charge in [0.05, 0.1) is 0 Å². The van der Waals surface area contributed by atoms with E-state index in [9.17, 15) is 4.79 Å². The Morgan fingerprint density at radius 2 is 1.74 bits per heavy atom. The highest BCUT2D eigenvalue weighted by atomic mass is 127. The van der Waals surface area contributed by atoms with E-state index in [4.69, 9.17) is 0 Å². The van der Waals surface area contributed by atoms with Crippen LogP contribution in [-0.4, -0.2) is 57.5 Å². The van der Waals surface area contributed by atoms with Gasteiger partial charge in [-0.2, -0.15) is 0 Å². The van der Waals surface area contributed by atoms with Gasteiger partial charge in [-0.3, -0.25) is 9.79 Å². The van der Waals surface area contributed by atoms with Crippen LogP contribution in [0.25, 0.3) is 0 Å². The van der Waals surface area contributed by atoms with Crippen LogP contribution in [-0.2, 0) is 13.0 Å². The summed E-state index contributed by atoms with van der Waals surface area (Å²) in [5.74, 6) is 0.790. The minimum atomic E-state index is 0. The maximum atomic E-state index is 12.1. The van der Waals surface area contributed by atoms with Gasteiger partial charge in [0.2, 0.25) is 0 Å². The number of nitrogens with one attached hydrogen (secondary N) is 2. The Morgan fingerprint density at radius 1 is 1.03 bits per heavy atom. The molecule has 2 aromatic rings. The van der Waals surface area contributed by atoms with Crippen molar-refractivity contribution in [1.82, 2.24) is 15.5 Å². The number of halogens is 1. The zero-order valence-electron chi connectivity index (χ0n) is 18.5. The van der Waals surface area contributed by atoms with Crippen LogP contribution in [0.1, 0.15) is 21.5 Å². The number of benzene rings is 2. The highest BCUT2D eigenvalue weighted by Crippen LogP contribution is 2.18. The number of hydrogen-bond donors (Lipinski definition) is 2. The first kappa shape index (κ1) is 24.7. The molecule has 31 heavy (non-hydrogen) atoms. The van der Waals surface area contributed by atoms with E-state index in [1.807, 2.05) is 24.3 Å². The first-order chi connectivity index (χ1) is 14.6. The van der Waals surface area contributed by atoms with E-state index in [1.165, 1.54) is 11.3 Å². The fourth-order valence-corrected chi connectivity index (χ4v) is 3.40. The summed E-state index contributed by atoms with van der Waals surface area (Å²) in [5.41, 5.74) is 4.30. The maximum Gasteiger partial charge on any atom is 0.253 e. The van der Waals surface area contributed by atoms with Crippen molar-refractivity contribution in [3.63, 3.8) is 0 Å². The predicted molar refractivity (Wildman–Crippen MR) is 140 cm³/mol. The van der Waals surface area contributed by atoms with Gasteiger partial charge in [-0.1, -0.05) is 36.4 Å². The normalized spacial score (nSPS) is 13.0. The number of carbonyl (C=O) groups is 1. The van der Waals surface area contributed by atoms with E-state index in [2.05, 4.69) is 56.9 Å². The zero-order chi connectivity index (χ0) is 21.3. The molecule has 1 aliphatic rings. The van der Waals surface area contributed by atoms with Gasteiger partial charge in [-0.25, -0.2) is 0 Å². The van der Waals surface area contributed by atoms with Crippen LogP contribution in [0, 0.1) is 0 Å². The molecule has 6 nitrogen and oxygen atoms in total. The molecule has 0 aromatic heterocycles. The van der Waals surface area contributed by atoms with E-state index in [-0.39, 0.29) is 29.9 Å². The van der Waals surface area contributed by atoms with Gasteiger partial charge in [0.15, 0.2) is 5.96 Å². The third kappa shape index (κ3) is 7.27. The summed E-state index contributed by atoms with van der Waals surface area (Å²) in [4.78, 5) is 20.4. The Morgan fingerprint density at radius 3 is 2.45 bits per heavy atom. The molecule has 2 N–H and O–H groups in total. The molecule has 3 rings (SSSR count). The molecule has 0 spiro atoms. The summed E-state index contributed by atoms with van der Waals surface area (Å²) in [6.07, 6.45) is 5.21. The largest absolute Gasteiger partial charge is 0.364 e. The second-order valence-corrected chi connectivity index (χ2v) is 7.55. The second kappa shape index (κ2) is 12.3. The average molecular weight is 533 g/mol. The van der Waals surface area contributed by atoms with Gasteiger partial charge >= 0.3 is 0 Å². The number of rotatable bonds is 7. The summed E-state index contributed by atoms with van der Waals surface area (Å²) in [7, 11) is 5.31. The summed E-state index contributed by atoms with van der Waals surface area (Å²) in [6.45, 7) is 3.39. The number of carbonyl (C=O) groups excluding carboxylic acids is 1. The van der Waals surface area contributed by atoms with Crippen LogP contribution < -0.4 is 15.5 Å². The highest BCUT2D eigenvalue weighted by Gasteiger charge is 2.09. The Labute approximate surface area is 202 Å². The van der Waals surface area contributed by atoms with Gasteiger partial charge in [-0.15, -0.1) is 24.0 Å². The number of amides is 1. The second-order valence-electron chi connectivity index (χ2n) is 7.55. The lowest BCUT2D eigenvalue weighted by atomic mass is 10.1. The summed E-state index contributed by atoms with van der Waals surface area (Å²) < 4.78 is 0. The molecule has 1 amide bonds. The molecule has 0 radical (unpaired) electrons. The fourth-order valence-electron chi connectivity index (χ4n) is 3.40. The molecule has 2 aromatic carbocycles. The monoisotopic (exact) mass is 533 g/mol. The molecule has 0 atom stereocenters. The first-order valence-corrected chi connectivity index (χ1v) is 10.3. The molecule has 0 bridgehead atoms. The van der Waals surface area contributed by atoms with Crippen molar-refractivity contribution < 1.29 is 4.79 Å². The number of nitrogens with zero attached hydrogens (tertiary/aromatic N) is 3. The minimum Gasteiger partial charge on any atom is -0.364 e. The Kier molecular flexibility index (Phi) is 9.84. The van der Waals surface area contributed by atoms with Crippen molar-refractivity contribution in [2.24, 2.45) is 4.99 Å². The van der Waals surface area contributed by atoms with E-state index in [0.717, 1.165) is 37.6 Å². The lowest BCUT2D eigenvalue weighted by molar-refractivity contribution is 0.0827. The lowest BCUT2D eigenvalue weighted by Gasteiger charge is -2.19. The van der Waals surface area contributed by atoms with E-state index < -0.39 is 0 Å². The predicted octanol–water partition coefficient (Wildman–Crippen LogP) is 3.29. The van der Waals surface area contributed by atoms with Gasteiger partial charge in [0.1, 0.15) is 0 Å². The van der Waals surface area contributed by atoms with Gasteiger partial charge in [-0.05, 0) is 41.8 Å². The smallest absolute Gasteiger partial charge is 0.253 e. The van der Waals surface area contributed by atoms with E-state index in [0.29, 0.717) is 12.1 Å². The SMILES string of the molecule is CN=C(NCCc1cccc(C(=O)N(C)C)c1)NCc1cccc(N2CC=CC2)c1.I. The Bertz CT molecular complexity index is 918. The molecular weight excluding hydrogens is 501 g/mol. The molecule has 0 aliphatic carbocycles. The quantitative estimate of drug-likeness (QED) is 0.248. The minimum absolute atomic E-state index is 0. The van der Waals surface area contributed by atoms with E-state index >= 15 is 0 Å². The summed E-state index contributed by atoms with van der Waals surface area (Å²) in [5, 5.41) is 6.73. The van der Waals surface area contributed by atoms with Crippen molar-refractivity contribution in [1.29, 1.82) is 0 Å². The van der Waals surface area contributed by atoms with Crippen molar-refractivity contribution in [3.8, 4) is 0 Å². The Balaban J connectivity index is 0.00000341. The van der Waals surface area contributed by atoms with E-state index in [1.54, 1.807) is 26.0 Å². The standard InChI is InChI=1S/C24H31N5O.HI/c1-25-24(26-13-12-19-8-6-10-21(16-19)23(30)28(2)3)27-18-20-9-7-11-22(17-20)29-14-4-5-15-29;/h4-11,16-17H,12-15,18H2,1-3H3,(H2,25,26,27);1H. The van der Waals surface area contributed by atoms with Gasteiger partial charge in [0, 0.05) is 58.6 Å². The maximum absolute atomic E-state index is 12.1. The van der Waals surface area contributed by atoms with Gasteiger partial charge < -0.3 is 20.4 Å². The van der Waals surface area contributed by atoms with Gasteiger partial charge in [0.25, 0.3) is 5.91 Å². The number of guanidine groups is 1. The van der Waals surface area contributed by atoms with Crippen molar-refractivity contribution >= 4 is 41.5 Å². The summed E-state index contributed by atoms with van der Waals surface area (Å²) in [6, 6.07) is 16.4. The number of aliphatic imine (C=N–C) groups is 1. The lowest BCUT2D eigenvalue weighted by Crippen LogP contribution is -2.37. The fraction of sp³-hybridized carbons (Fsp3) is 0.333. The molecule has 166 valence electrons. The highest BCUT2D eigenvalue weighted by molar-refractivity contribution is 14.0. The molecule has 0 fully saturated rings. The van der Waals surface area contributed by atoms with Crippen molar-refractivity contribution in [2.75, 3.05) is 45.7 Å². The molecule has 1 heterocycles. The van der Waals surface area contributed by atoms with Crippen LogP contribution in [0.15, 0.2) is 65.7 Å². The third-order valence-corrected chi connectivity index (χ3v) is 5.06. The molecule has 0 unspecified atom stereocenters. The van der Waals surface area contributed by atoms with Crippen molar-refractivity contribution in [2.45, 2.75) is 13.0 Å². The topological polar surface area (TPSA) is 60.0 Å².